The minimum atomic E-state index is -3.16. The molecule has 1 aliphatic rings. The number of nitrogens with one attached hydrogen (secondary N) is 1. The highest BCUT2D eigenvalue weighted by Gasteiger charge is 2.37. The Morgan fingerprint density at radius 2 is 1.96 bits per heavy atom. The van der Waals surface area contributed by atoms with Crippen LogP contribution in [0.2, 0.25) is 0 Å². The lowest BCUT2D eigenvalue weighted by Crippen LogP contribution is -2.49. The number of sulfone groups is 1. The van der Waals surface area contributed by atoms with Crippen molar-refractivity contribution in [2.45, 2.75) is 37.0 Å². The van der Waals surface area contributed by atoms with Crippen molar-refractivity contribution in [1.82, 2.24) is 9.88 Å². The number of hydrogen-bond acceptors (Lipinski definition) is 3. The van der Waals surface area contributed by atoms with E-state index in [1.54, 1.807) is 18.0 Å². The zero-order valence-corrected chi connectivity index (χ0v) is 14.3. The molecule has 124 valence electrons. The third-order valence-corrected chi connectivity index (χ3v) is 6.49. The minimum absolute atomic E-state index is 0.123. The van der Waals surface area contributed by atoms with Gasteiger partial charge in [-0.3, -0.25) is 4.79 Å². The molecule has 1 aliphatic carbocycles. The third kappa shape index (κ3) is 3.13. The maximum atomic E-state index is 12.8. The molecule has 2 atom stereocenters. The molecule has 0 saturated heterocycles. The van der Waals surface area contributed by atoms with Crippen LogP contribution >= 0.6 is 0 Å². The fourth-order valence-electron chi connectivity index (χ4n) is 3.55. The Labute approximate surface area is 136 Å². The number of benzene rings is 1. The molecule has 1 aromatic heterocycles. The fraction of sp³-hybridized carbons (Fsp3) is 0.471. The number of nitrogens with zero attached hydrogens (tertiary/aromatic N) is 1. The molecule has 5 nitrogen and oxygen atoms in total. The molecule has 1 N–H and O–H groups in total. The quantitative estimate of drug-likeness (QED) is 0.938. The number of hydrogen-bond donors (Lipinski definition) is 1. The first-order valence-corrected chi connectivity index (χ1v) is 9.86. The standard InChI is InChI=1S/C17H22N2O3S/c1-19(15-5-3-4-6-16(15)23(2,21)22)17(20)13-8-7-12-9-10-18-14(12)11-13/h7-11,15-16,18H,3-6H2,1-2H3/t15-,16-/m0/s1. The number of H-pyrrole nitrogens is 1. The Morgan fingerprint density at radius 3 is 2.70 bits per heavy atom. The van der Waals surface area contributed by atoms with Crippen LogP contribution in [0.3, 0.4) is 0 Å². The van der Waals surface area contributed by atoms with Gasteiger partial charge >= 0.3 is 0 Å². The highest BCUT2D eigenvalue weighted by Crippen LogP contribution is 2.28. The molecular weight excluding hydrogens is 312 g/mol. The van der Waals surface area contributed by atoms with Gasteiger partial charge in [0.1, 0.15) is 0 Å². The van der Waals surface area contributed by atoms with Gasteiger partial charge in [0, 0.05) is 36.6 Å². The Balaban J connectivity index is 1.88. The molecule has 1 aromatic carbocycles. The summed E-state index contributed by atoms with van der Waals surface area (Å²) in [5, 5.41) is 0.593. The van der Waals surface area contributed by atoms with Crippen molar-refractivity contribution >= 4 is 26.6 Å². The number of aromatic nitrogens is 1. The molecule has 1 fully saturated rings. The Morgan fingerprint density at radius 1 is 1.22 bits per heavy atom. The molecule has 3 rings (SSSR count). The summed E-state index contributed by atoms with van der Waals surface area (Å²) < 4.78 is 24.1. The van der Waals surface area contributed by atoms with E-state index in [4.69, 9.17) is 0 Å². The molecule has 0 aliphatic heterocycles. The lowest BCUT2D eigenvalue weighted by atomic mass is 9.93. The van der Waals surface area contributed by atoms with Crippen LogP contribution < -0.4 is 0 Å². The van der Waals surface area contributed by atoms with E-state index >= 15 is 0 Å². The largest absolute Gasteiger partial charge is 0.361 e. The van der Waals surface area contributed by atoms with Crippen molar-refractivity contribution < 1.29 is 13.2 Å². The lowest BCUT2D eigenvalue weighted by Gasteiger charge is -2.37. The van der Waals surface area contributed by atoms with Crippen molar-refractivity contribution in [2.24, 2.45) is 0 Å². The first kappa shape index (κ1) is 16.1. The van der Waals surface area contributed by atoms with Gasteiger partial charge in [-0.05, 0) is 36.4 Å². The van der Waals surface area contributed by atoms with Gasteiger partial charge in [0.25, 0.3) is 5.91 Å². The maximum Gasteiger partial charge on any atom is 0.253 e. The van der Waals surface area contributed by atoms with Gasteiger partial charge in [-0.25, -0.2) is 8.42 Å². The molecular formula is C17H22N2O3S. The monoisotopic (exact) mass is 334 g/mol. The van der Waals surface area contributed by atoms with Crippen molar-refractivity contribution in [1.29, 1.82) is 0 Å². The minimum Gasteiger partial charge on any atom is -0.361 e. The Hall–Kier alpha value is -1.82. The summed E-state index contributed by atoms with van der Waals surface area (Å²) in [5.41, 5.74) is 1.49. The predicted molar refractivity (Wildman–Crippen MR) is 91.3 cm³/mol. The van der Waals surface area contributed by atoms with E-state index in [0.29, 0.717) is 12.0 Å². The molecule has 0 unspecified atom stereocenters. The predicted octanol–water partition coefficient (Wildman–Crippen LogP) is 2.60. The van der Waals surface area contributed by atoms with Crippen molar-refractivity contribution in [3.8, 4) is 0 Å². The van der Waals surface area contributed by atoms with Gasteiger partial charge in [-0.1, -0.05) is 18.9 Å². The molecule has 6 heteroatoms. The highest BCUT2D eigenvalue weighted by molar-refractivity contribution is 7.91. The summed E-state index contributed by atoms with van der Waals surface area (Å²) in [4.78, 5) is 17.5. The second kappa shape index (κ2) is 6.00. The Kier molecular flexibility index (Phi) is 4.19. The van der Waals surface area contributed by atoms with Gasteiger partial charge in [0.2, 0.25) is 0 Å². The zero-order valence-electron chi connectivity index (χ0n) is 13.5. The van der Waals surface area contributed by atoms with Crippen LogP contribution in [0.5, 0.6) is 0 Å². The van der Waals surface area contributed by atoms with E-state index in [9.17, 15) is 13.2 Å². The Bertz CT molecular complexity index is 825. The van der Waals surface area contributed by atoms with Gasteiger partial charge in [-0.2, -0.15) is 0 Å². The van der Waals surface area contributed by atoms with Gasteiger partial charge in [0.15, 0.2) is 9.84 Å². The number of carbonyl (C=O) groups excluding carboxylic acids is 1. The number of carbonyl (C=O) groups is 1. The summed E-state index contributed by atoms with van der Waals surface area (Å²) in [6.07, 6.45) is 6.36. The van der Waals surface area contributed by atoms with Gasteiger partial charge in [0.05, 0.1) is 5.25 Å². The lowest BCUT2D eigenvalue weighted by molar-refractivity contribution is 0.0700. The van der Waals surface area contributed by atoms with Crippen LogP contribution in [-0.2, 0) is 9.84 Å². The number of fused-ring (bicyclic) bond motifs is 1. The second-order valence-electron chi connectivity index (χ2n) is 6.42. The molecule has 1 heterocycles. The fourth-order valence-corrected chi connectivity index (χ4v) is 5.04. The van der Waals surface area contributed by atoms with Gasteiger partial charge < -0.3 is 9.88 Å². The van der Waals surface area contributed by atoms with Crippen molar-refractivity contribution in [3.05, 3.63) is 36.0 Å². The van der Waals surface area contributed by atoms with Crippen molar-refractivity contribution in [3.63, 3.8) is 0 Å². The molecule has 2 aromatic rings. The van der Waals surface area contributed by atoms with E-state index in [2.05, 4.69) is 4.98 Å². The van der Waals surface area contributed by atoms with Crippen LogP contribution in [0.1, 0.15) is 36.0 Å². The molecule has 0 spiro atoms. The average molecular weight is 334 g/mol. The van der Waals surface area contributed by atoms with Crippen LogP contribution in [0.4, 0.5) is 0 Å². The third-order valence-electron chi connectivity index (χ3n) is 4.84. The van der Waals surface area contributed by atoms with E-state index in [0.717, 1.165) is 30.2 Å². The van der Waals surface area contributed by atoms with Crippen LogP contribution in [0, 0.1) is 0 Å². The van der Waals surface area contributed by atoms with Crippen LogP contribution in [0.25, 0.3) is 10.9 Å². The molecule has 0 bridgehead atoms. The summed E-state index contributed by atoms with van der Waals surface area (Å²) in [6, 6.07) is 7.24. The summed E-state index contributed by atoms with van der Waals surface area (Å²) in [6.45, 7) is 0. The topological polar surface area (TPSA) is 70.2 Å². The molecule has 1 saturated carbocycles. The summed E-state index contributed by atoms with van der Waals surface area (Å²) in [7, 11) is -1.44. The molecule has 23 heavy (non-hydrogen) atoms. The van der Waals surface area contributed by atoms with Crippen molar-refractivity contribution in [2.75, 3.05) is 13.3 Å². The van der Waals surface area contributed by atoms with E-state index in [-0.39, 0.29) is 11.9 Å². The SMILES string of the molecule is CN(C(=O)c1ccc2cc[nH]c2c1)[C@H]1CCCC[C@@H]1S(C)(=O)=O. The van der Waals surface area contributed by atoms with Gasteiger partial charge in [-0.15, -0.1) is 0 Å². The maximum absolute atomic E-state index is 12.8. The number of aromatic amines is 1. The first-order chi connectivity index (χ1) is 10.9. The summed E-state index contributed by atoms with van der Waals surface area (Å²) in [5.74, 6) is -0.123. The first-order valence-electron chi connectivity index (χ1n) is 7.91. The smallest absolute Gasteiger partial charge is 0.253 e. The number of amides is 1. The summed E-state index contributed by atoms with van der Waals surface area (Å²) >= 11 is 0. The zero-order chi connectivity index (χ0) is 16.6. The highest BCUT2D eigenvalue weighted by atomic mass is 32.2. The van der Waals surface area contributed by atoms with E-state index < -0.39 is 15.1 Å². The van der Waals surface area contributed by atoms with E-state index in [1.165, 1.54) is 6.26 Å². The normalized spacial score (nSPS) is 22.2. The molecule has 0 radical (unpaired) electrons. The van der Waals surface area contributed by atoms with Crippen LogP contribution in [0.15, 0.2) is 30.5 Å². The van der Waals surface area contributed by atoms with E-state index in [1.807, 2.05) is 24.4 Å². The molecule has 1 amide bonds. The van der Waals surface area contributed by atoms with Crippen LogP contribution in [-0.4, -0.2) is 48.8 Å². The number of rotatable bonds is 3. The second-order valence-corrected chi connectivity index (χ2v) is 8.68. The average Bonchev–Trinajstić information content (AvgIpc) is 3.00.